The lowest BCUT2D eigenvalue weighted by atomic mass is 10.0. The molecule has 2 heterocycles. The Bertz CT molecular complexity index is 1150. The maximum absolute atomic E-state index is 13.1. The van der Waals surface area contributed by atoms with Crippen LogP contribution in [0.15, 0.2) is 36.4 Å². The van der Waals surface area contributed by atoms with Gasteiger partial charge in [-0.15, -0.1) is 0 Å². The van der Waals surface area contributed by atoms with Crippen LogP contribution >= 0.6 is 23.2 Å². The number of aromatic nitrogens is 1. The van der Waals surface area contributed by atoms with Crippen LogP contribution in [0.1, 0.15) is 27.2 Å². The number of fused-ring (bicyclic) bond motifs is 1. The van der Waals surface area contributed by atoms with Crippen molar-refractivity contribution in [3.8, 4) is 0 Å². The first kappa shape index (κ1) is 22.0. The predicted octanol–water partition coefficient (Wildman–Crippen LogP) is 5.14. The normalized spacial score (nSPS) is 15.0. The molecule has 1 fully saturated rings. The third kappa shape index (κ3) is 4.27. The van der Waals surface area contributed by atoms with Gasteiger partial charge in [-0.2, -0.15) is 13.2 Å². The molecule has 0 unspecified atom stereocenters. The summed E-state index contributed by atoms with van der Waals surface area (Å²) in [5.74, 6) is -0.156. The van der Waals surface area contributed by atoms with Crippen molar-refractivity contribution in [3.05, 3.63) is 68.8 Å². The molecule has 1 aromatic heterocycles. The Morgan fingerprint density at radius 2 is 1.81 bits per heavy atom. The number of benzene rings is 2. The van der Waals surface area contributed by atoms with E-state index < -0.39 is 11.7 Å². The molecule has 164 valence electrons. The van der Waals surface area contributed by atoms with Crippen LogP contribution in [0.4, 0.5) is 13.2 Å². The molecule has 0 atom stereocenters. The minimum Gasteiger partial charge on any atom is -0.347 e. The molecule has 1 aliphatic heterocycles. The standard InChI is InChI=1S/C22H20Cl2F3N3O/c1-29-15(10-13-2-3-14(11-19(13)29)22(25,26)27)12-17-18(23)5-4-16(20(17)24)21(31)30-8-6-28-7-9-30/h2-5,10-11,28H,6-9,12H2,1H3. The number of carbonyl (C=O) groups excluding carboxylic acids is 1. The fourth-order valence-electron chi connectivity index (χ4n) is 3.88. The number of hydrogen-bond acceptors (Lipinski definition) is 2. The van der Waals surface area contributed by atoms with Crippen LogP contribution in [0.25, 0.3) is 10.9 Å². The van der Waals surface area contributed by atoms with Gasteiger partial charge in [-0.3, -0.25) is 4.79 Å². The first-order valence-electron chi connectivity index (χ1n) is 9.79. The van der Waals surface area contributed by atoms with Gasteiger partial charge >= 0.3 is 6.18 Å². The number of rotatable bonds is 3. The second kappa shape index (κ2) is 8.37. The molecule has 31 heavy (non-hydrogen) atoms. The molecule has 2 aromatic carbocycles. The van der Waals surface area contributed by atoms with Crippen molar-refractivity contribution in [1.82, 2.24) is 14.8 Å². The van der Waals surface area contributed by atoms with Crippen LogP contribution in [0, 0.1) is 0 Å². The van der Waals surface area contributed by atoms with Gasteiger partial charge in [0.2, 0.25) is 0 Å². The molecule has 0 saturated carbocycles. The molecule has 0 radical (unpaired) electrons. The smallest absolute Gasteiger partial charge is 0.347 e. The average Bonchev–Trinajstić information content (AvgIpc) is 3.05. The number of halogens is 5. The van der Waals surface area contributed by atoms with Crippen molar-refractivity contribution in [2.24, 2.45) is 7.05 Å². The minimum absolute atomic E-state index is 0.156. The Labute approximate surface area is 187 Å². The quantitative estimate of drug-likeness (QED) is 0.576. The van der Waals surface area contributed by atoms with E-state index in [2.05, 4.69) is 5.32 Å². The van der Waals surface area contributed by atoms with E-state index in [1.807, 2.05) is 6.07 Å². The van der Waals surface area contributed by atoms with Gasteiger partial charge in [0, 0.05) is 55.9 Å². The molecule has 1 amide bonds. The van der Waals surface area contributed by atoms with E-state index >= 15 is 0 Å². The molecule has 0 spiro atoms. The van der Waals surface area contributed by atoms with Gasteiger partial charge < -0.3 is 14.8 Å². The van der Waals surface area contributed by atoms with Crippen molar-refractivity contribution in [2.45, 2.75) is 12.6 Å². The van der Waals surface area contributed by atoms with E-state index in [0.29, 0.717) is 40.1 Å². The van der Waals surface area contributed by atoms with Crippen LogP contribution in [-0.2, 0) is 19.6 Å². The Morgan fingerprint density at radius 3 is 2.48 bits per heavy atom. The summed E-state index contributed by atoms with van der Waals surface area (Å²) in [7, 11) is 1.70. The van der Waals surface area contributed by atoms with Gasteiger partial charge in [-0.05, 0) is 41.3 Å². The van der Waals surface area contributed by atoms with Crippen LogP contribution < -0.4 is 5.32 Å². The number of aryl methyl sites for hydroxylation is 1. The summed E-state index contributed by atoms with van der Waals surface area (Å²) in [6.07, 6.45) is -4.13. The number of amides is 1. The minimum atomic E-state index is -4.41. The largest absolute Gasteiger partial charge is 0.416 e. The molecule has 4 nitrogen and oxygen atoms in total. The highest BCUT2D eigenvalue weighted by atomic mass is 35.5. The van der Waals surface area contributed by atoms with E-state index in [4.69, 9.17) is 23.2 Å². The lowest BCUT2D eigenvalue weighted by Crippen LogP contribution is -2.46. The number of nitrogens with zero attached hydrogens (tertiary/aromatic N) is 2. The average molecular weight is 470 g/mol. The number of nitrogens with one attached hydrogen (secondary N) is 1. The van der Waals surface area contributed by atoms with Crippen molar-refractivity contribution >= 4 is 40.0 Å². The number of piperazine rings is 1. The zero-order valence-electron chi connectivity index (χ0n) is 16.7. The van der Waals surface area contributed by atoms with E-state index in [1.165, 1.54) is 6.07 Å². The second-order valence-corrected chi connectivity index (χ2v) is 8.36. The summed E-state index contributed by atoms with van der Waals surface area (Å²) in [5, 5.41) is 4.57. The SMILES string of the molecule is Cn1c(Cc2c(Cl)ccc(C(=O)N3CCNCC3)c2Cl)cc2ccc(C(F)(F)F)cc21. The maximum atomic E-state index is 13.1. The van der Waals surface area contributed by atoms with Crippen molar-refractivity contribution in [3.63, 3.8) is 0 Å². The third-order valence-corrected chi connectivity index (χ3v) is 6.44. The molecular weight excluding hydrogens is 450 g/mol. The summed E-state index contributed by atoms with van der Waals surface area (Å²) in [6, 6.07) is 8.73. The van der Waals surface area contributed by atoms with E-state index in [1.54, 1.807) is 28.6 Å². The molecule has 9 heteroatoms. The van der Waals surface area contributed by atoms with Gasteiger partial charge in [0.1, 0.15) is 0 Å². The zero-order chi connectivity index (χ0) is 22.3. The topological polar surface area (TPSA) is 37.3 Å². The fraction of sp³-hybridized carbons (Fsp3) is 0.318. The summed E-state index contributed by atoms with van der Waals surface area (Å²) in [5.41, 5.74) is 1.45. The molecular formula is C22H20Cl2F3N3O. The highest BCUT2D eigenvalue weighted by Gasteiger charge is 2.31. The van der Waals surface area contributed by atoms with Gasteiger partial charge in [-0.1, -0.05) is 29.3 Å². The molecule has 1 saturated heterocycles. The molecule has 0 aliphatic carbocycles. The second-order valence-electron chi connectivity index (χ2n) is 7.57. The number of carbonyl (C=O) groups is 1. The van der Waals surface area contributed by atoms with Crippen LogP contribution in [0.3, 0.4) is 0 Å². The van der Waals surface area contributed by atoms with Gasteiger partial charge in [-0.25, -0.2) is 0 Å². The third-order valence-electron chi connectivity index (χ3n) is 5.65. The van der Waals surface area contributed by atoms with Crippen molar-refractivity contribution in [2.75, 3.05) is 26.2 Å². The Hall–Kier alpha value is -2.22. The lowest BCUT2D eigenvalue weighted by molar-refractivity contribution is -0.137. The molecule has 1 aliphatic rings. The zero-order valence-corrected chi connectivity index (χ0v) is 18.2. The van der Waals surface area contributed by atoms with Crippen LogP contribution in [0.2, 0.25) is 10.0 Å². The Kier molecular flexibility index (Phi) is 5.94. The Morgan fingerprint density at radius 1 is 1.10 bits per heavy atom. The lowest BCUT2D eigenvalue weighted by Gasteiger charge is -2.28. The van der Waals surface area contributed by atoms with Gasteiger partial charge in [0.05, 0.1) is 16.1 Å². The fourth-order valence-corrected chi connectivity index (χ4v) is 4.46. The first-order chi connectivity index (χ1) is 14.7. The predicted molar refractivity (Wildman–Crippen MR) is 116 cm³/mol. The monoisotopic (exact) mass is 469 g/mol. The van der Waals surface area contributed by atoms with Crippen LogP contribution in [-0.4, -0.2) is 41.6 Å². The van der Waals surface area contributed by atoms with Crippen LogP contribution in [0.5, 0.6) is 0 Å². The number of hydrogen-bond donors (Lipinski definition) is 1. The summed E-state index contributed by atoms with van der Waals surface area (Å²) in [6.45, 7) is 2.63. The van der Waals surface area contributed by atoms with Crippen molar-refractivity contribution < 1.29 is 18.0 Å². The maximum Gasteiger partial charge on any atom is 0.416 e. The molecule has 4 rings (SSSR count). The summed E-state index contributed by atoms with van der Waals surface area (Å²) < 4.78 is 41.0. The van der Waals surface area contributed by atoms with Gasteiger partial charge in [0.25, 0.3) is 5.91 Å². The summed E-state index contributed by atoms with van der Waals surface area (Å²) in [4.78, 5) is 14.7. The molecule has 0 bridgehead atoms. The highest BCUT2D eigenvalue weighted by Crippen LogP contribution is 2.35. The first-order valence-corrected chi connectivity index (χ1v) is 10.5. The molecule has 3 aromatic rings. The van der Waals surface area contributed by atoms with E-state index in [-0.39, 0.29) is 17.4 Å². The van der Waals surface area contributed by atoms with Gasteiger partial charge in [0.15, 0.2) is 0 Å². The van der Waals surface area contributed by atoms with Crippen molar-refractivity contribution in [1.29, 1.82) is 0 Å². The summed E-state index contributed by atoms with van der Waals surface area (Å²) >= 11 is 13.0. The highest BCUT2D eigenvalue weighted by molar-refractivity contribution is 6.38. The Balaban J connectivity index is 1.70. The number of alkyl halides is 3. The molecule has 1 N–H and O–H groups in total. The van der Waals surface area contributed by atoms with E-state index in [0.717, 1.165) is 30.9 Å². The van der Waals surface area contributed by atoms with E-state index in [9.17, 15) is 18.0 Å².